The van der Waals surface area contributed by atoms with E-state index in [0.29, 0.717) is 25.4 Å². The fourth-order valence-electron chi connectivity index (χ4n) is 0.844. The van der Waals surface area contributed by atoms with Crippen molar-refractivity contribution >= 4 is 17.5 Å². The first-order valence-corrected chi connectivity index (χ1v) is 5.51. The number of rotatable bonds is 7. The van der Waals surface area contributed by atoms with Crippen LogP contribution in [0.25, 0.3) is 0 Å². The van der Waals surface area contributed by atoms with Crippen LogP contribution in [0.1, 0.15) is 13.3 Å². The van der Waals surface area contributed by atoms with Gasteiger partial charge in [0.25, 0.3) is 5.91 Å². The molecule has 0 spiro atoms. The highest BCUT2D eigenvalue weighted by Gasteiger charge is 2.07. The molecule has 1 unspecified atom stereocenters. The second-order valence-corrected chi connectivity index (χ2v) is 3.60. The SMILES string of the molecule is CC(O)CN/C=C(/C#N)C(=O)NCCCCl. The number of alkyl halides is 1. The van der Waals surface area contributed by atoms with Gasteiger partial charge in [-0.1, -0.05) is 0 Å². The largest absolute Gasteiger partial charge is 0.392 e. The Bertz CT molecular complexity index is 284. The number of nitrogens with one attached hydrogen (secondary N) is 2. The van der Waals surface area contributed by atoms with Gasteiger partial charge in [0.15, 0.2) is 0 Å². The van der Waals surface area contributed by atoms with Gasteiger partial charge in [-0.05, 0) is 13.3 Å². The Kier molecular flexibility index (Phi) is 8.31. The van der Waals surface area contributed by atoms with Crippen molar-refractivity contribution < 1.29 is 9.90 Å². The molecule has 0 fully saturated rings. The maximum Gasteiger partial charge on any atom is 0.263 e. The highest BCUT2D eigenvalue weighted by molar-refractivity contribution is 6.17. The van der Waals surface area contributed by atoms with E-state index in [-0.39, 0.29) is 5.57 Å². The summed E-state index contributed by atoms with van der Waals surface area (Å²) in [5.74, 6) is 0.0253. The van der Waals surface area contributed by atoms with Crippen molar-refractivity contribution in [3.8, 4) is 6.07 Å². The molecule has 90 valence electrons. The molecule has 0 saturated heterocycles. The van der Waals surface area contributed by atoms with E-state index in [9.17, 15) is 4.79 Å². The maximum atomic E-state index is 11.4. The number of aliphatic hydroxyl groups excluding tert-OH is 1. The first kappa shape index (κ1) is 14.8. The molecule has 1 atom stereocenters. The molecule has 0 rings (SSSR count). The standard InChI is InChI=1S/C10H16ClN3O2/c1-8(15)6-13-7-9(5-12)10(16)14-4-2-3-11/h7-8,13,15H,2-4,6H2,1H3,(H,14,16)/b9-7-. The van der Waals surface area contributed by atoms with E-state index in [2.05, 4.69) is 10.6 Å². The van der Waals surface area contributed by atoms with Crippen molar-refractivity contribution in [3.05, 3.63) is 11.8 Å². The Morgan fingerprint density at radius 1 is 1.69 bits per heavy atom. The molecule has 0 bridgehead atoms. The van der Waals surface area contributed by atoms with Crippen molar-refractivity contribution in [2.75, 3.05) is 19.0 Å². The minimum Gasteiger partial charge on any atom is -0.392 e. The van der Waals surface area contributed by atoms with E-state index in [4.69, 9.17) is 22.0 Å². The number of carbonyl (C=O) groups is 1. The van der Waals surface area contributed by atoms with E-state index >= 15 is 0 Å². The van der Waals surface area contributed by atoms with Gasteiger partial charge >= 0.3 is 0 Å². The number of halogens is 1. The van der Waals surface area contributed by atoms with Gasteiger partial charge < -0.3 is 15.7 Å². The molecule has 6 heteroatoms. The molecule has 0 heterocycles. The van der Waals surface area contributed by atoms with Crippen LogP contribution in [0.15, 0.2) is 11.8 Å². The van der Waals surface area contributed by atoms with Gasteiger partial charge in [-0.25, -0.2) is 0 Å². The number of nitrogens with zero attached hydrogens (tertiary/aromatic N) is 1. The van der Waals surface area contributed by atoms with Crippen LogP contribution >= 0.6 is 11.6 Å². The maximum absolute atomic E-state index is 11.4. The number of carbonyl (C=O) groups excluding carboxylic acids is 1. The van der Waals surface area contributed by atoms with E-state index in [1.165, 1.54) is 6.20 Å². The van der Waals surface area contributed by atoms with E-state index in [1.54, 1.807) is 13.0 Å². The van der Waals surface area contributed by atoms with Crippen LogP contribution in [0.4, 0.5) is 0 Å². The molecule has 0 aromatic heterocycles. The van der Waals surface area contributed by atoms with Crippen LogP contribution in [-0.2, 0) is 4.79 Å². The molecule has 0 aromatic rings. The molecule has 0 aliphatic rings. The Morgan fingerprint density at radius 2 is 2.38 bits per heavy atom. The third kappa shape index (κ3) is 7.10. The summed E-state index contributed by atoms with van der Waals surface area (Å²) in [6, 6.07) is 1.77. The van der Waals surface area contributed by atoms with E-state index < -0.39 is 12.0 Å². The summed E-state index contributed by atoms with van der Waals surface area (Å²) in [7, 11) is 0. The van der Waals surface area contributed by atoms with Crippen LogP contribution in [0, 0.1) is 11.3 Å². The summed E-state index contributed by atoms with van der Waals surface area (Å²) in [5.41, 5.74) is -0.0183. The van der Waals surface area contributed by atoms with Crippen molar-refractivity contribution in [2.24, 2.45) is 0 Å². The Labute approximate surface area is 100 Å². The van der Waals surface area contributed by atoms with Crippen molar-refractivity contribution in [2.45, 2.75) is 19.4 Å². The zero-order valence-electron chi connectivity index (χ0n) is 9.16. The third-order valence-corrected chi connectivity index (χ3v) is 1.89. The molecule has 16 heavy (non-hydrogen) atoms. The highest BCUT2D eigenvalue weighted by atomic mass is 35.5. The molecule has 0 aliphatic heterocycles. The second kappa shape index (κ2) is 9.01. The summed E-state index contributed by atoms with van der Waals surface area (Å²) in [5, 5.41) is 22.9. The van der Waals surface area contributed by atoms with Gasteiger partial charge in [-0.3, -0.25) is 4.79 Å². The average Bonchev–Trinajstić information content (AvgIpc) is 2.24. The zero-order chi connectivity index (χ0) is 12.4. The monoisotopic (exact) mass is 245 g/mol. The highest BCUT2D eigenvalue weighted by Crippen LogP contribution is 1.91. The van der Waals surface area contributed by atoms with Gasteiger partial charge in [0, 0.05) is 25.2 Å². The number of aliphatic hydroxyl groups is 1. The van der Waals surface area contributed by atoms with Crippen molar-refractivity contribution in [1.29, 1.82) is 5.26 Å². The third-order valence-electron chi connectivity index (χ3n) is 1.62. The number of nitriles is 1. The second-order valence-electron chi connectivity index (χ2n) is 3.23. The van der Waals surface area contributed by atoms with Crippen LogP contribution in [-0.4, -0.2) is 36.1 Å². The van der Waals surface area contributed by atoms with Gasteiger partial charge in [0.2, 0.25) is 0 Å². The molecular weight excluding hydrogens is 230 g/mol. The number of hydrogen-bond donors (Lipinski definition) is 3. The number of amides is 1. The van der Waals surface area contributed by atoms with Crippen LogP contribution in [0.3, 0.4) is 0 Å². The molecule has 0 radical (unpaired) electrons. The lowest BCUT2D eigenvalue weighted by Crippen LogP contribution is -2.28. The molecular formula is C10H16ClN3O2. The topological polar surface area (TPSA) is 85.2 Å². The summed E-state index contributed by atoms with van der Waals surface area (Å²) >= 11 is 5.45. The molecule has 1 amide bonds. The fourth-order valence-corrected chi connectivity index (χ4v) is 0.978. The summed E-state index contributed by atoms with van der Waals surface area (Å²) in [6.07, 6.45) is 1.42. The Hall–Kier alpha value is -1.25. The van der Waals surface area contributed by atoms with Gasteiger partial charge in [0.05, 0.1) is 6.10 Å². The van der Waals surface area contributed by atoms with Crippen LogP contribution in [0.5, 0.6) is 0 Å². The molecule has 0 saturated carbocycles. The van der Waals surface area contributed by atoms with Crippen LogP contribution in [0.2, 0.25) is 0 Å². The average molecular weight is 246 g/mol. The lowest BCUT2D eigenvalue weighted by Gasteiger charge is -2.05. The fraction of sp³-hybridized carbons (Fsp3) is 0.600. The molecule has 3 N–H and O–H groups in total. The van der Waals surface area contributed by atoms with Crippen LogP contribution < -0.4 is 10.6 Å². The molecule has 5 nitrogen and oxygen atoms in total. The number of hydrogen-bond acceptors (Lipinski definition) is 4. The molecule has 0 aromatic carbocycles. The van der Waals surface area contributed by atoms with Gasteiger partial charge in [-0.15, -0.1) is 11.6 Å². The summed E-state index contributed by atoms with van der Waals surface area (Å²) < 4.78 is 0. The van der Waals surface area contributed by atoms with Gasteiger partial charge in [0.1, 0.15) is 11.6 Å². The minimum atomic E-state index is -0.532. The van der Waals surface area contributed by atoms with E-state index in [0.717, 1.165) is 0 Å². The zero-order valence-corrected chi connectivity index (χ0v) is 9.92. The predicted molar refractivity (Wildman–Crippen MR) is 61.7 cm³/mol. The van der Waals surface area contributed by atoms with Gasteiger partial charge in [-0.2, -0.15) is 5.26 Å². The minimum absolute atomic E-state index is 0.0183. The normalized spacial score (nSPS) is 12.8. The first-order valence-electron chi connectivity index (χ1n) is 4.97. The lowest BCUT2D eigenvalue weighted by molar-refractivity contribution is -0.117. The lowest BCUT2D eigenvalue weighted by atomic mass is 10.3. The van der Waals surface area contributed by atoms with Crippen molar-refractivity contribution in [1.82, 2.24) is 10.6 Å². The first-order chi connectivity index (χ1) is 7.61. The summed E-state index contributed by atoms with van der Waals surface area (Å²) in [6.45, 7) is 2.34. The van der Waals surface area contributed by atoms with Crippen molar-refractivity contribution in [3.63, 3.8) is 0 Å². The molecule has 0 aliphatic carbocycles. The summed E-state index contributed by atoms with van der Waals surface area (Å²) in [4.78, 5) is 11.4. The Balaban J connectivity index is 4.06. The Morgan fingerprint density at radius 3 is 2.88 bits per heavy atom. The smallest absolute Gasteiger partial charge is 0.263 e. The predicted octanol–water partition coefficient (Wildman–Crippen LogP) is 0.109. The quantitative estimate of drug-likeness (QED) is 0.257. The van der Waals surface area contributed by atoms with E-state index in [1.807, 2.05) is 0 Å².